The van der Waals surface area contributed by atoms with Crippen LogP contribution in [0.15, 0.2) is 30.5 Å². The molecule has 4 nitrogen and oxygen atoms in total. The molecular weight excluding hydrogens is 318 g/mol. The maximum absolute atomic E-state index is 12.8. The molecule has 2 heterocycles. The number of halogens is 1. The van der Waals surface area contributed by atoms with Crippen LogP contribution in [0.5, 0.6) is 0 Å². The zero-order valence-corrected chi connectivity index (χ0v) is 14.0. The van der Waals surface area contributed by atoms with Gasteiger partial charge in [-0.3, -0.25) is 9.89 Å². The van der Waals surface area contributed by atoms with Crippen LogP contribution in [-0.2, 0) is 0 Å². The summed E-state index contributed by atoms with van der Waals surface area (Å²) in [6.45, 7) is 1.64. The fraction of sp³-hybridized carbons (Fsp3) is 0.375. The van der Waals surface area contributed by atoms with Crippen molar-refractivity contribution >= 4 is 29.3 Å². The predicted octanol–water partition coefficient (Wildman–Crippen LogP) is 3.56. The molecule has 1 fully saturated rings. The van der Waals surface area contributed by atoms with E-state index in [1.54, 1.807) is 6.20 Å². The van der Waals surface area contributed by atoms with E-state index in [-0.39, 0.29) is 5.91 Å². The van der Waals surface area contributed by atoms with E-state index in [9.17, 15) is 4.79 Å². The van der Waals surface area contributed by atoms with Gasteiger partial charge < -0.3 is 4.90 Å². The van der Waals surface area contributed by atoms with Gasteiger partial charge in [0.05, 0.1) is 17.5 Å². The number of H-pyrrole nitrogens is 1. The Morgan fingerprint density at radius 1 is 1.50 bits per heavy atom. The molecule has 0 aliphatic carbocycles. The summed E-state index contributed by atoms with van der Waals surface area (Å²) in [5, 5.41) is 7.58. The Hall–Kier alpha value is -1.46. The quantitative estimate of drug-likeness (QED) is 0.929. The number of benzene rings is 1. The molecule has 3 rings (SSSR count). The van der Waals surface area contributed by atoms with Gasteiger partial charge in [-0.2, -0.15) is 16.9 Å². The van der Waals surface area contributed by atoms with E-state index in [0.29, 0.717) is 22.2 Å². The minimum absolute atomic E-state index is 0.0345. The molecule has 1 aromatic heterocycles. The molecule has 1 unspecified atom stereocenters. The van der Waals surface area contributed by atoms with Crippen molar-refractivity contribution in [2.24, 2.45) is 5.92 Å². The summed E-state index contributed by atoms with van der Waals surface area (Å²) in [6.07, 6.45) is 4.78. The Morgan fingerprint density at radius 3 is 3.09 bits per heavy atom. The molecular formula is C16H18ClN3OS. The second-order valence-corrected chi connectivity index (χ2v) is 6.82. The number of rotatable bonds is 4. The third-order valence-corrected chi connectivity index (χ3v) is 5.12. The van der Waals surface area contributed by atoms with Gasteiger partial charge in [-0.25, -0.2) is 0 Å². The van der Waals surface area contributed by atoms with Gasteiger partial charge in [0.15, 0.2) is 0 Å². The lowest BCUT2D eigenvalue weighted by atomic mass is 10.1. The molecule has 0 bridgehead atoms. The van der Waals surface area contributed by atoms with Crippen molar-refractivity contribution in [2.45, 2.75) is 6.42 Å². The highest BCUT2D eigenvalue weighted by atomic mass is 35.5. The van der Waals surface area contributed by atoms with Gasteiger partial charge in [0.25, 0.3) is 5.91 Å². The van der Waals surface area contributed by atoms with E-state index >= 15 is 0 Å². The van der Waals surface area contributed by atoms with E-state index in [1.165, 1.54) is 0 Å². The van der Waals surface area contributed by atoms with Crippen LogP contribution in [-0.4, -0.2) is 46.1 Å². The van der Waals surface area contributed by atoms with Crippen LogP contribution in [0.2, 0.25) is 5.02 Å². The van der Waals surface area contributed by atoms with E-state index < -0.39 is 0 Å². The van der Waals surface area contributed by atoms with Crippen LogP contribution in [0.1, 0.15) is 16.8 Å². The van der Waals surface area contributed by atoms with E-state index in [1.807, 2.05) is 40.9 Å². The molecule has 6 heteroatoms. The maximum Gasteiger partial charge on any atom is 0.257 e. The minimum Gasteiger partial charge on any atom is -0.338 e. The second-order valence-electron chi connectivity index (χ2n) is 5.50. The lowest BCUT2D eigenvalue weighted by Gasteiger charge is -2.16. The summed E-state index contributed by atoms with van der Waals surface area (Å²) in [7, 11) is 0. The third-order valence-electron chi connectivity index (χ3n) is 3.99. The third kappa shape index (κ3) is 3.01. The topological polar surface area (TPSA) is 49.0 Å². The van der Waals surface area contributed by atoms with Crippen molar-refractivity contribution in [1.82, 2.24) is 15.1 Å². The number of nitrogens with zero attached hydrogens (tertiary/aromatic N) is 2. The number of hydrogen-bond acceptors (Lipinski definition) is 3. The van der Waals surface area contributed by atoms with Gasteiger partial charge in [-0.1, -0.05) is 29.8 Å². The average Bonchev–Trinajstić information content (AvgIpc) is 3.16. The molecule has 1 aliphatic heterocycles. The highest BCUT2D eigenvalue weighted by Crippen LogP contribution is 2.30. The molecule has 1 aromatic carbocycles. The van der Waals surface area contributed by atoms with Gasteiger partial charge in [0.2, 0.25) is 0 Å². The Kier molecular flexibility index (Phi) is 4.74. The monoisotopic (exact) mass is 335 g/mol. The lowest BCUT2D eigenvalue weighted by Crippen LogP contribution is -2.29. The number of amides is 1. The molecule has 116 valence electrons. The van der Waals surface area contributed by atoms with Crippen LogP contribution in [0.3, 0.4) is 0 Å². The summed E-state index contributed by atoms with van der Waals surface area (Å²) in [4.78, 5) is 14.7. The van der Waals surface area contributed by atoms with Gasteiger partial charge in [-0.15, -0.1) is 0 Å². The molecule has 1 aliphatic rings. The Morgan fingerprint density at radius 2 is 2.32 bits per heavy atom. The van der Waals surface area contributed by atoms with Crippen LogP contribution in [0, 0.1) is 5.92 Å². The summed E-state index contributed by atoms with van der Waals surface area (Å²) in [5.74, 6) is 1.73. The first-order valence-electron chi connectivity index (χ1n) is 7.27. The number of carbonyl (C=O) groups is 1. The van der Waals surface area contributed by atoms with E-state index in [2.05, 4.69) is 16.5 Å². The minimum atomic E-state index is 0.0345. The van der Waals surface area contributed by atoms with Crippen LogP contribution < -0.4 is 0 Å². The summed E-state index contributed by atoms with van der Waals surface area (Å²) < 4.78 is 0. The molecule has 0 saturated carbocycles. The number of hydrogen-bond donors (Lipinski definition) is 1. The number of thioether (sulfide) groups is 1. The molecule has 1 amide bonds. The summed E-state index contributed by atoms with van der Waals surface area (Å²) in [5.41, 5.74) is 2.10. The van der Waals surface area contributed by atoms with Gasteiger partial charge in [0.1, 0.15) is 0 Å². The first-order chi connectivity index (χ1) is 10.7. The van der Waals surface area contributed by atoms with Gasteiger partial charge in [0, 0.05) is 23.7 Å². The number of carbonyl (C=O) groups excluding carboxylic acids is 1. The lowest BCUT2D eigenvalue weighted by molar-refractivity contribution is 0.0789. The standard InChI is InChI=1S/C16H18ClN3OS/c1-22-10-11-6-7-20(9-11)16(21)13-8-18-19-15(13)12-4-2-3-5-14(12)17/h2-5,8,11H,6-7,9-10H2,1H3,(H,18,19). The number of aromatic nitrogens is 2. The Labute approximate surface area is 139 Å². The largest absolute Gasteiger partial charge is 0.338 e. The maximum atomic E-state index is 12.8. The highest BCUT2D eigenvalue weighted by molar-refractivity contribution is 7.98. The first kappa shape index (κ1) is 15.4. The molecule has 0 spiro atoms. The van der Waals surface area contributed by atoms with Crippen molar-refractivity contribution in [1.29, 1.82) is 0 Å². The summed E-state index contributed by atoms with van der Waals surface area (Å²) >= 11 is 8.08. The zero-order chi connectivity index (χ0) is 15.5. The molecule has 22 heavy (non-hydrogen) atoms. The smallest absolute Gasteiger partial charge is 0.257 e. The molecule has 1 atom stereocenters. The Bertz CT molecular complexity index is 673. The van der Waals surface area contributed by atoms with Crippen molar-refractivity contribution in [2.75, 3.05) is 25.1 Å². The van der Waals surface area contributed by atoms with E-state index in [4.69, 9.17) is 11.6 Å². The van der Waals surface area contributed by atoms with Crippen LogP contribution in [0.4, 0.5) is 0 Å². The average molecular weight is 336 g/mol. The molecule has 0 radical (unpaired) electrons. The Balaban J connectivity index is 1.84. The molecule has 1 saturated heterocycles. The number of nitrogens with one attached hydrogen (secondary N) is 1. The van der Waals surface area contributed by atoms with Crippen molar-refractivity contribution < 1.29 is 4.79 Å². The van der Waals surface area contributed by atoms with Gasteiger partial charge >= 0.3 is 0 Å². The zero-order valence-electron chi connectivity index (χ0n) is 12.4. The fourth-order valence-corrected chi connectivity index (χ4v) is 3.85. The SMILES string of the molecule is CSCC1CCN(C(=O)c2cn[nH]c2-c2ccccc2Cl)C1. The van der Waals surface area contributed by atoms with E-state index in [0.717, 1.165) is 30.8 Å². The van der Waals surface area contributed by atoms with Crippen LogP contribution in [0.25, 0.3) is 11.3 Å². The van der Waals surface area contributed by atoms with Crippen molar-refractivity contribution in [3.05, 3.63) is 41.0 Å². The fourth-order valence-electron chi connectivity index (χ4n) is 2.88. The molecule has 1 N–H and O–H groups in total. The molecule has 2 aromatic rings. The normalized spacial score (nSPS) is 17.9. The van der Waals surface area contributed by atoms with Crippen molar-refractivity contribution in [3.8, 4) is 11.3 Å². The second kappa shape index (κ2) is 6.75. The predicted molar refractivity (Wildman–Crippen MR) is 91.4 cm³/mol. The van der Waals surface area contributed by atoms with Crippen molar-refractivity contribution in [3.63, 3.8) is 0 Å². The number of likely N-dealkylation sites (tertiary alicyclic amines) is 1. The summed E-state index contributed by atoms with van der Waals surface area (Å²) in [6, 6.07) is 7.49. The highest BCUT2D eigenvalue weighted by Gasteiger charge is 2.29. The van der Waals surface area contributed by atoms with Gasteiger partial charge in [-0.05, 0) is 30.4 Å². The van der Waals surface area contributed by atoms with Crippen LogP contribution >= 0.6 is 23.4 Å². The number of aromatic amines is 1. The first-order valence-corrected chi connectivity index (χ1v) is 9.04.